The van der Waals surface area contributed by atoms with Gasteiger partial charge in [0.1, 0.15) is 23.3 Å². The van der Waals surface area contributed by atoms with E-state index in [0.717, 1.165) is 32.8 Å². The molecule has 1 aliphatic rings. The van der Waals surface area contributed by atoms with Crippen LogP contribution in [0.15, 0.2) is 87.9 Å². The van der Waals surface area contributed by atoms with E-state index < -0.39 is 0 Å². The van der Waals surface area contributed by atoms with Gasteiger partial charge < -0.3 is 24.7 Å². The number of rotatable bonds is 8. The zero-order valence-corrected chi connectivity index (χ0v) is 23.4. The summed E-state index contributed by atoms with van der Waals surface area (Å²) in [7, 11) is 1.58. The molecule has 0 saturated carbocycles. The molecule has 38 heavy (non-hydrogen) atoms. The Morgan fingerprint density at radius 2 is 1.97 bits per heavy atom. The van der Waals surface area contributed by atoms with Crippen molar-refractivity contribution < 1.29 is 13.9 Å². The highest BCUT2D eigenvalue weighted by Crippen LogP contribution is 2.41. The van der Waals surface area contributed by atoms with Crippen LogP contribution in [-0.2, 0) is 4.79 Å². The zero-order valence-electron chi connectivity index (χ0n) is 21.0. The first-order chi connectivity index (χ1) is 18.4. The molecule has 3 heterocycles. The molecule has 1 fully saturated rings. The number of halogens is 1. The van der Waals surface area contributed by atoms with Crippen LogP contribution in [0.3, 0.4) is 0 Å². The Labute approximate surface area is 235 Å². The summed E-state index contributed by atoms with van der Waals surface area (Å²) in [4.78, 5) is 19.5. The summed E-state index contributed by atoms with van der Waals surface area (Å²) in [5.41, 5.74) is 3.60. The van der Waals surface area contributed by atoms with Crippen LogP contribution >= 0.6 is 28.1 Å². The standard InChI is InChI=1S/C29H27BrN4O3S/c1-18-10-11-19(20(30)17-18)23-12-13-25(37-23)28-27(22-8-5-6-15-31-22)33-29(38)34(28)16-14-26(35)32-21-7-3-4-9-24(21)36-2/h3-13,15,17,27-28H,14,16H2,1-2H3,(H,32,35)(H,33,38)/t27-,28-/m1/s1. The maximum Gasteiger partial charge on any atom is 0.226 e. The molecule has 7 nitrogen and oxygen atoms in total. The Kier molecular flexibility index (Phi) is 7.76. The third-order valence-electron chi connectivity index (χ3n) is 6.47. The lowest BCUT2D eigenvalue weighted by molar-refractivity contribution is -0.116. The highest BCUT2D eigenvalue weighted by atomic mass is 79.9. The molecule has 2 aromatic carbocycles. The zero-order chi connectivity index (χ0) is 26.6. The fourth-order valence-electron chi connectivity index (χ4n) is 4.61. The molecule has 194 valence electrons. The van der Waals surface area contributed by atoms with Gasteiger partial charge in [-0.1, -0.05) is 40.2 Å². The fraction of sp³-hybridized carbons (Fsp3) is 0.207. The summed E-state index contributed by atoms with van der Waals surface area (Å²) >= 11 is 9.40. The number of nitrogens with zero attached hydrogens (tertiary/aromatic N) is 2. The van der Waals surface area contributed by atoms with Gasteiger partial charge in [-0.3, -0.25) is 9.78 Å². The van der Waals surface area contributed by atoms with Crippen LogP contribution < -0.4 is 15.4 Å². The number of anilines is 1. The van der Waals surface area contributed by atoms with E-state index in [1.807, 2.05) is 72.5 Å². The highest BCUT2D eigenvalue weighted by Gasteiger charge is 2.41. The van der Waals surface area contributed by atoms with E-state index in [9.17, 15) is 4.79 Å². The summed E-state index contributed by atoms with van der Waals surface area (Å²) in [6.45, 7) is 2.44. The number of aromatic nitrogens is 1. The number of methoxy groups -OCH3 is 1. The van der Waals surface area contributed by atoms with Gasteiger partial charge in [-0.05, 0) is 73.2 Å². The number of carbonyl (C=O) groups is 1. The van der Waals surface area contributed by atoms with Gasteiger partial charge in [-0.15, -0.1) is 0 Å². The van der Waals surface area contributed by atoms with Crippen LogP contribution in [0.5, 0.6) is 5.75 Å². The number of carbonyl (C=O) groups excluding carboxylic acids is 1. The van der Waals surface area contributed by atoms with E-state index in [2.05, 4.69) is 43.7 Å². The monoisotopic (exact) mass is 590 g/mol. The molecule has 2 aromatic heterocycles. The van der Waals surface area contributed by atoms with E-state index in [0.29, 0.717) is 23.1 Å². The maximum atomic E-state index is 12.9. The Bertz CT molecular complexity index is 1460. The molecule has 2 atom stereocenters. The van der Waals surface area contributed by atoms with Gasteiger partial charge in [0.15, 0.2) is 5.11 Å². The average molecular weight is 592 g/mol. The normalized spacial score (nSPS) is 16.8. The molecule has 0 spiro atoms. The average Bonchev–Trinajstić information content (AvgIpc) is 3.52. The van der Waals surface area contributed by atoms with Crippen molar-refractivity contribution >= 4 is 44.9 Å². The van der Waals surface area contributed by atoms with Crippen molar-refractivity contribution in [2.45, 2.75) is 25.4 Å². The molecule has 0 unspecified atom stereocenters. The van der Waals surface area contributed by atoms with Crippen molar-refractivity contribution in [1.29, 1.82) is 0 Å². The van der Waals surface area contributed by atoms with Crippen molar-refractivity contribution in [2.75, 3.05) is 19.0 Å². The first-order valence-corrected chi connectivity index (χ1v) is 13.4. The predicted octanol–water partition coefficient (Wildman–Crippen LogP) is 6.42. The van der Waals surface area contributed by atoms with Gasteiger partial charge in [-0.2, -0.15) is 0 Å². The lowest BCUT2D eigenvalue weighted by Gasteiger charge is -2.26. The summed E-state index contributed by atoms with van der Waals surface area (Å²) in [6, 6.07) is 22.7. The number of hydrogen-bond acceptors (Lipinski definition) is 5. The molecule has 4 aromatic rings. The molecule has 0 bridgehead atoms. The molecule has 1 saturated heterocycles. The number of aryl methyl sites for hydroxylation is 1. The Morgan fingerprint density at radius 1 is 1.16 bits per heavy atom. The number of furan rings is 1. The number of nitrogens with one attached hydrogen (secondary N) is 2. The smallest absolute Gasteiger partial charge is 0.226 e. The number of para-hydroxylation sites is 2. The third kappa shape index (κ3) is 5.44. The first kappa shape index (κ1) is 25.9. The van der Waals surface area contributed by atoms with Gasteiger partial charge in [0.25, 0.3) is 0 Å². The van der Waals surface area contributed by atoms with Crippen molar-refractivity contribution in [3.8, 4) is 17.1 Å². The molecule has 5 rings (SSSR count). The van der Waals surface area contributed by atoms with Crippen LogP contribution in [0.1, 0.15) is 35.5 Å². The molecule has 0 aliphatic carbocycles. The lowest BCUT2D eigenvalue weighted by atomic mass is 10.0. The van der Waals surface area contributed by atoms with Crippen LogP contribution in [0, 0.1) is 6.92 Å². The fourth-order valence-corrected chi connectivity index (χ4v) is 5.63. The van der Waals surface area contributed by atoms with Gasteiger partial charge in [0.2, 0.25) is 5.91 Å². The van der Waals surface area contributed by atoms with Gasteiger partial charge in [0.05, 0.1) is 24.5 Å². The van der Waals surface area contributed by atoms with Gasteiger partial charge >= 0.3 is 0 Å². The summed E-state index contributed by atoms with van der Waals surface area (Å²) in [6.07, 6.45) is 1.99. The van der Waals surface area contributed by atoms with Crippen molar-refractivity contribution in [1.82, 2.24) is 15.2 Å². The predicted molar refractivity (Wildman–Crippen MR) is 155 cm³/mol. The Hall–Kier alpha value is -3.69. The number of pyridine rings is 1. The molecule has 0 radical (unpaired) electrons. The largest absolute Gasteiger partial charge is 0.495 e. The van der Waals surface area contributed by atoms with Crippen LogP contribution in [-0.4, -0.2) is 34.6 Å². The molecule has 1 amide bonds. The van der Waals surface area contributed by atoms with E-state index in [1.54, 1.807) is 13.3 Å². The van der Waals surface area contributed by atoms with Crippen LogP contribution in [0.4, 0.5) is 5.69 Å². The lowest BCUT2D eigenvalue weighted by Crippen LogP contribution is -2.32. The second-order valence-electron chi connectivity index (χ2n) is 9.00. The SMILES string of the molecule is COc1ccccc1NC(=O)CCN1C(=S)N[C@H](c2ccccn2)[C@H]1c1ccc(-c2ccc(C)cc2Br)o1. The number of thiocarbonyl (C=S) groups is 1. The number of amides is 1. The minimum absolute atomic E-state index is 0.138. The van der Waals surface area contributed by atoms with E-state index in [-0.39, 0.29) is 24.4 Å². The number of hydrogen-bond donors (Lipinski definition) is 2. The highest BCUT2D eigenvalue weighted by molar-refractivity contribution is 9.10. The second kappa shape index (κ2) is 11.4. The summed E-state index contributed by atoms with van der Waals surface area (Å²) < 4.78 is 12.7. The van der Waals surface area contributed by atoms with E-state index >= 15 is 0 Å². The van der Waals surface area contributed by atoms with Gasteiger partial charge in [0, 0.05) is 29.2 Å². The number of benzene rings is 2. The minimum atomic E-state index is -0.283. The van der Waals surface area contributed by atoms with Crippen LogP contribution in [0.2, 0.25) is 0 Å². The number of ether oxygens (including phenoxy) is 1. The van der Waals surface area contributed by atoms with E-state index in [1.165, 1.54) is 0 Å². The molecule has 2 N–H and O–H groups in total. The summed E-state index contributed by atoms with van der Waals surface area (Å²) in [5, 5.41) is 6.89. The Morgan fingerprint density at radius 3 is 2.74 bits per heavy atom. The molecular weight excluding hydrogens is 564 g/mol. The molecule has 9 heteroatoms. The van der Waals surface area contributed by atoms with Gasteiger partial charge in [-0.25, -0.2) is 0 Å². The minimum Gasteiger partial charge on any atom is -0.495 e. The second-order valence-corrected chi connectivity index (χ2v) is 10.2. The van der Waals surface area contributed by atoms with Crippen molar-refractivity contribution in [3.63, 3.8) is 0 Å². The Balaban J connectivity index is 1.41. The van der Waals surface area contributed by atoms with E-state index in [4.69, 9.17) is 21.4 Å². The first-order valence-electron chi connectivity index (χ1n) is 12.2. The van der Waals surface area contributed by atoms with Crippen molar-refractivity contribution in [3.05, 3.63) is 100 Å². The van der Waals surface area contributed by atoms with Crippen LogP contribution in [0.25, 0.3) is 11.3 Å². The maximum absolute atomic E-state index is 12.9. The van der Waals surface area contributed by atoms with Crippen molar-refractivity contribution in [2.24, 2.45) is 0 Å². The topological polar surface area (TPSA) is 79.6 Å². The quantitative estimate of drug-likeness (QED) is 0.229. The summed E-state index contributed by atoms with van der Waals surface area (Å²) in [5.74, 6) is 1.96. The third-order valence-corrected chi connectivity index (χ3v) is 7.48. The molecular formula is C29H27BrN4O3S. The molecule has 1 aliphatic heterocycles.